The van der Waals surface area contributed by atoms with Crippen LogP contribution in [0.15, 0.2) is 29.2 Å². The van der Waals surface area contributed by atoms with Gasteiger partial charge in [-0.15, -0.1) is 0 Å². The quantitative estimate of drug-likeness (QED) is 0.622. The number of nitrogens with zero attached hydrogens (tertiary/aromatic N) is 1. The van der Waals surface area contributed by atoms with Gasteiger partial charge < -0.3 is 0 Å². The molecule has 0 spiro atoms. The zero-order chi connectivity index (χ0) is 13.8. The lowest BCUT2D eigenvalue weighted by atomic mass is 10.2. The van der Waals surface area contributed by atoms with Crippen LogP contribution in [0.4, 0.5) is 4.39 Å². The minimum absolute atomic E-state index is 0.0484. The van der Waals surface area contributed by atoms with Crippen LogP contribution in [0.1, 0.15) is 25.3 Å². The summed E-state index contributed by atoms with van der Waals surface area (Å²) in [7, 11) is 0. The first-order chi connectivity index (χ1) is 9.11. The Balaban J connectivity index is 2.16. The smallest absolute Gasteiger partial charge is 0.266 e. The highest BCUT2D eigenvalue weighted by Gasteiger charge is 2.31. The molecule has 0 aromatic heterocycles. The molecule has 1 heterocycles. The van der Waals surface area contributed by atoms with E-state index in [1.807, 2.05) is 0 Å². The van der Waals surface area contributed by atoms with Crippen molar-refractivity contribution in [2.24, 2.45) is 0 Å². The van der Waals surface area contributed by atoms with Gasteiger partial charge in [0.05, 0.1) is 4.91 Å². The van der Waals surface area contributed by atoms with Crippen LogP contribution in [0.5, 0.6) is 0 Å². The van der Waals surface area contributed by atoms with Crippen molar-refractivity contribution in [2.45, 2.75) is 19.8 Å². The van der Waals surface area contributed by atoms with E-state index in [0.717, 1.165) is 18.4 Å². The molecule has 0 saturated carbocycles. The van der Waals surface area contributed by atoms with Gasteiger partial charge >= 0.3 is 0 Å². The van der Waals surface area contributed by atoms with Gasteiger partial charge in [0, 0.05) is 6.54 Å². The van der Waals surface area contributed by atoms with Crippen LogP contribution in [0.3, 0.4) is 0 Å². The first kappa shape index (κ1) is 14.2. The lowest BCUT2D eigenvalue weighted by Gasteiger charge is -2.12. The van der Waals surface area contributed by atoms with Crippen molar-refractivity contribution < 1.29 is 9.18 Å². The largest absolute Gasteiger partial charge is 0.293 e. The molecule has 1 aliphatic rings. The molecule has 1 aromatic carbocycles. The third kappa shape index (κ3) is 3.42. The van der Waals surface area contributed by atoms with Crippen molar-refractivity contribution in [3.63, 3.8) is 0 Å². The molecule has 0 N–H and O–H groups in total. The van der Waals surface area contributed by atoms with E-state index in [9.17, 15) is 9.18 Å². The number of hydrogen-bond donors (Lipinski definition) is 0. The van der Waals surface area contributed by atoms with Crippen molar-refractivity contribution in [1.29, 1.82) is 0 Å². The van der Waals surface area contributed by atoms with Gasteiger partial charge in [0.1, 0.15) is 10.1 Å². The Morgan fingerprint density at radius 2 is 2.05 bits per heavy atom. The first-order valence-electron chi connectivity index (χ1n) is 6.12. The van der Waals surface area contributed by atoms with E-state index in [1.165, 1.54) is 23.9 Å². The van der Waals surface area contributed by atoms with E-state index >= 15 is 0 Å². The lowest BCUT2D eigenvalue weighted by molar-refractivity contribution is -0.122. The fourth-order valence-electron chi connectivity index (χ4n) is 1.72. The number of thioether (sulfide) groups is 1. The van der Waals surface area contributed by atoms with Crippen LogP contribution >= 0.6 is 24.0 Å². The minimum atomic E-state index is -0.285. The second-order valence-electron chi connectivity index (χ2n) is 4.24. The van der Waals surface area contributed by atoms with Gasteiger partial charge in [-0.2, -0.15) is 0 Å². The normalized spacial score (nSPS) is 17.6. The van der Waals surface area contributed by atoms with Crippen LogP contribution in [-0.4, -0.2) is 21.7 Å². The predicted octanol–water partition coefficient (Wildman–Crippen LogP) is 3.83. The summed E-state index contributed by atoms with van der Waals surface area (Å²) in [4.78, 5) is 14.4. The molecule has 2 nitrogen and oxygen atoms in total. The van der Waals surface area contributed by atoms with Crippen LogP contribution in [0.2, 0.25) is 0 Å². The van der Waals surface area contributed by atoms with Gasteiger partial charge in [-0.05, 0) is 30.2 Å². The number of amides is 1. The Kier molecular flexibility index (Phi) is 4.71. The highest BCUT2D eigenvalue weighted by molar-refractivity contribution is 8.26. The molecular formula is C14H14FNOS2. The Morgan fingerprint density at radius 1 is 1.37 bits per heavy atom. The molecule has 0 atom stereocenters. The molecular weight excluding hydrogens is 281 g/mol. The molecule has 100 valence electrons. The van der Waals surface area contributed by atoms with Gasteiger partial charge in [-0.1, -0.05) is 49.5 Å². The maximum absolute atomic E-state index is 12.8. The van der Waals surface area contributed by atoms with Gasteiger partial charge in [0.25, 0.3) is 5.91 Å². The topological polar surface area (TPSA) is 20.3 Å². The fourth-order valence-corrected chi connectivity index (χ4v) is 3.03. The fraction of sp³-hybridized carbons (Fsp3) is 0.286. The lowest BCUT2D eigenvalue weighted by Crippen LogP contribution is -2.28. The summed E-state index contributed by atoms with van der Waals surface area (Å²) >= 11 is 6.52. The van der Waals surface area contributed by atoms with E-state index in [1.54, 1.807) is 23.1 Å². The highest BCUT2D eigenvalue weighted by Crippen LogP contribution is 2.32. The third-order valence-electron chi connectivity index (χ3n) is 2.78. The van der Waals surface area contributed by atoms with E-state index < -0.39 is 0 Å². The number of rotatable bonds is 4. The predicted molar refractivity (Wildman–Crippen MR) is 81.2 cm³/mol. The van der Waals surface area contributed by atoms with Crippen molar-refractivity contribution in [3.8, 4) is 0 Å². The minimum Gasteiger partial charge on any atom is -0.293 e. The van der Waals surface area contributed by atoms with E-state index in [4.69, 9.17) is 12.2 Å². The Labute approximate surface area is 121 Å². The Bertz CT molecular complexity index is 525. The van der Waals surface area contributed by atoms with E-state index in [2.05, 4.69) is 6.92 Å². The molecule has 1 fully saturated rings. The summed E-state index contributed by atoms with van der Waals surface area (Å²) in [5, 5.41) is 0. The van der Waals surface area contributed by atoms with Crippen molar-refractivity contribution in [3.05, 3.63) is 40.6 Å². The van der Waals surface area contributed by atoms with E-state index in [0.29, 0.717) is 15.8 Å². The van der Waals surface area contributed by atoms with Crippen molar-refractivity contribution in [2.75, 3.05) is 6.54 Å². The molecule has 1 saturated heterocycles. The number of halogens is 1. The average Bonchev–Trinajstić information content (AvgIpc) is 2.65. The molecule has 1 aliphatic heterocycles. The monoisotopic (exact) mass is 295 g/mol. The third-order valence-corrected chi connectivity index (χ3v) is 4.15. The van der Waals surface area contributed by atoms with Gasteiger partial charge in [-0.3, -0.25) is 9.69 Å². The van der Waals surface area contributed by atoms with Crippen LogP contribution < -0.4 is 0 Å². The number of benzene rings is 1. The van der Waals surface area contributed by atoms with Crippen LogP contribution in [0.25, 0.3) is 6.08 Å². The van der Waals surface area contributed by atoms with Crippen molar-refractivity contribution in [1.82, 2.24) is 4.90 Å². The van der Waals surface area contributed by atoms with Crippen LogP contribution in [-0.2, 0) is 4.79 Å². The summed E-state index contributed by atoms with van der Waals surface area (Å²) in [6.07, 6.45) is 3.72. The molecule has 19 heavy (non-hydrogen) atoms. The summed E-state index contributed by atoms with van der Waals surface area (Å²) in [6.45, 7) is 2.74. The number of unbranched alkanes of at least 4 members (excludes halogenated alkanes) is 1. The second-order valence-corrected chi connectivity index (χ2v) is 5.91. The Hall–Kier alpha value is -1.20. The Morgan fingerprint density at radius 3 is 2.68 bits per heavy atom. The SMILES string of the molecule is CCCCN1C(=O)/C(=C\c2ccc(F)cc2)SC1=S. The zero-order valence-corrected chi connectivity index (χ0v) is 12.2. The molecule has 5 heteroatoms. The molecule has 1 aromatic rings. The molecule has 0 bridgehead atoms. The summed E-state index contributed by atoms with van der Waals surface area (Å²) in [5.74, 6) is -0.333. The molecule has 0 radical (unpaired) electrons. The van der Waals surface area contributed by atoms with Crippen LogP contribution in [0, 0.1) is 5.82 Å². The average molecular weight is 295 g/mol. The second kappa shape index (κ2) is 6.30. The van der Waals surface area contributed by atoms with Gasteiger partial charge in [0.15, 0.2) is 0 Å². The standard InChI is InChI=1S/C14H14FNOS2/c1-2-3-8-16-13(17)12(19-14(16)18)9-10-4-6-11(15)7-5-10/h4-7,9H,2-3,8H2,1H3/b12-9+. The summed E-state index contributed by atoms with van der Waals surface area (Å²) in [6, 6.07) is 6.05. The number of thiocarbonyl (C=S) groups is 1. The first-order valence-corrected chi connectivity index (χ1v) is 7.35. The number of hydrogen-bond acceptors (Lipinski definition) is 3. The zero-order valence-electron chi connectivity index (χ0n) is 10.6. The van der Waals surface area contributed by atoms with Gasteiger partial charge in [0.2, 0.25) is 0 Å². The molecule has 1 amide bonds. The number of carbonyl (C=O) groups excluding carboxylic acids is 1. The summed E-state index contributed by atoms with van der Waals surface area (Å²) < 4.78 is 13.4. The summed E-state index contributed by atoms with van der Waals surface area (Å²) in [5.41, 5.74) is 0.803. The van der Waals surface area contributed by atoms with Crippen molar-refractivity contribution >= 4 is 40.3 Å². The highest BCUT2D eigenvalue weighted by atomic mass is 32.2. The maximum atomic E-state index is 12.8. The number of carbonyl (C=O) groups is 1. The molecule has 2 rings (SSSR count). The maximum Gasteiger partial charge on any atom is 0.266 e. The van der Waals surface area contributed by atoms with E-state index in [-0.39, 0.29) is 11.7 Å². The molecule has 0 aliphatic carbocycles. The molecule has 0 unspecified atom stereocenters. The van der Waals surface area contributed by atoms with Gasteiger partial charge in [-0.25, -0.2) is 4.39 Å².